The molecule has 7 nitrogen and oxygen atoms in total. The van der Waals surface area contributed by atoms with Crippen molar-refractivity contribution in [2.45, 2.75) is 45.4 Å². The maximum absolute atomic E-state index is 12.9. The van der Waals surface area contributed by atoms with Crippen LogP contribution >= 0.6 is 11.6 Å². The van der Waals surface area contributed by atoms with Gasteiger partial charge in [0.2, 0.25) is 5.78 Å². The predicted octanol–water partition coefficient (Wildman–Crippen LogP) is 4.08. The van der Waals surface area contributed by atoms with Gasteiger partial charge < -0.3 is 15.0 Å². The number of fused-ring (bicyclic) bond motifs is 1. The fourth-order valence-electron chi connectivity index (χ4n) is 4.89. The van der Waals surface area contributed by atoms with Crippen LogP contribution in [0.3, 0.4) is 0 Å². The van der Waals surface area contributed by atoms with Crippen molar-refractivity contribution in [1.82, 2.24) is 19.7 Å². The summed E-state index contributed by atoms with van der Waals surface area (Å²) in [7, 11) is 0. The van der Waals surface area contributed by atoms with E-state index in [2.05, 4.69) is 24.9 Å². The number of benzene rings is 1. The summed E-state index contributed by atoms with van der Waals surface area (Å²) >= 11 is 6.05. The zero-order chi connectivity index (χ0) is 23.2. The smallest absolute Gasteiger partial charge is 0.345 e. The quantitative estimate of drug-likeness (QED) is 0.557. The van der Waals surface area contributed by atoms with Gasteiger partial charge in [0, 0.05) is 36.9 Å². The monoisotopic (exact) mass is 475 g/mol. The topological polar surface area (TPSA) is 71.8 Å². The molecular weight excluding hydrogens is 452 g/mol. The van der Waals surface area contributed by atoms with Crippen LogP contribution < -0.4 is 10.2 Å². The number of amides is 1. The number of rotatable bonds is 7. The molecule has 1 saturated carbocycles. The summed E-state index contributed by atoms with van der Waals surface area (Å²) in [5, 5.41) is 3.39. The van der Waals surface area contributed by atoms with Gasteiger partial charge >= 0.3 is 6.61 Å². The fourth-order valence-corrected chi connectivity index (χ4v) is 5.03. The van der Waals surface area contributed by atoms with Crippen LogP contribution in [-0.2, 0) is 17.7 Å². The summed E-state index contributed by atoms with van der Waals surface area (Å²) in [6, 6.07) is 8.01. The van der Waals surface area contributed by atoms with E-state index in [0.29, 0.717) is 48.0 Å². The number of nitrogens with one attached hydrogen (secondary N) is 1. The highest BCUT2D eigenvalue weighted by Crippen LogP contribution is 2.51. The van der Waals surface area contributed by atoms with Crippen molar-refractivity contribution >= 4 is 29.0 Å². The van der Waals surface area contributed by atoms with E-state index in [-0.39, 0.29) is 17.4 Å². The number of ether oxygens (including phenoxy) is 1. The largest absolute Gasteiger partial charge is 0.370 e. The van der Waals surface area contributed by atoms with Crippen molar-refractivity contribution < 1.29 is 18.3 Å². The Morgan fingerprint density at radius 2 is 2.03 bits per heavy atom. The average molecular weight is 476 g/mol. The van der Waals surface area contributed by atoms with Crippen molar-refractivity contribution in [2.75, 3.05) is 18.0 Å². The number of nitrogens with zero attached hydrogens (tertiary/aromatic N) is 4. The highest BCUT2D eigenvalue weighted by Gasteiger charge is 2.53. The van der Waals surface area contributed by atoms with Crippen LogP contribution in [0.4, 0.5) is 14.5 Å². The summed E-state index contributed by atoms with van der Waals surface area (Å²) in [6.07, 6.45) is 4.83. The number of carbonyl (C=O) groups excluding carboxylic acids is 1. The van der Waals surface area contributed by atoms with E-state index in [1.165, 1.54) is 6.20 Å². The van der Waals surface area contributed by atoms with Gasteiger partial charge in [-0.2, -0.15) is 8.78 Å². The van der Waals surface area contributed by atoms with Gasteiger partial charge in [-0.1, -0.05) is 30.7 Å². The van der Waals surface area contributed by atoms with Gasteiger partial charge in [0.25, 0.3) is 5.91 Å². The molecule has 1 aromatic carbocycles. The Morgan fingerprint density at radius 1 is 1.30 bits per heavy atom. The van der Waals surface area contributed by atoms with Gasteiger partial charge in [0.15, 0.2) is 0 Å². The highest BCUT2D eigenvalue weighted by atomic mass is 35.5. The van der Waals surface area contributed by atoms with Crippen LogP contribution in [0.25, 0.3) is 5.78 Å². The van der Waals surface area contributed by atoms with Gasteiger partial charge in [-0.15, -0.1) is 0 Å². The molecule has 1 aliphatic carbocycles. The summed E-state index contributed by atoms with van der Waals surface area (Å²) in [6.45, 7) is 1.34. The Bertz CT molecular complexity index is 1170. The average Bonchev–Trinajstić information content (AvgIpc) is 3.11. The summed E-state index contributed by atoms with van der Waals surface area (Å²) in [5.74, 6) is 0.208. The molecule has 0 unspecified atom stereocenters. The molecule has 3 aromatic rings. The van der Waals surface area contributed by atoms with Crippen LogP contribution in [0.2, 0.25) is 5.02 Å². The second-order valence-corrected chi connectivity index (χ2v) is 9.27. The third kappa shape index (κ3) is 4.27. The number of carbonyl (C=O) groups is 1. The number of halogens is 3. The van der Waals surface area contributed by atoms with Crippen LogP contribution in [0.15, 0.2) is 36.7 Å². The Balaban J connectivity index is 1.17. The minimum atomic E-state index is -2.69. The molecule has 1 saturated heterocycles. The minimum Gasteiger partial charge on any atom is -0.370 e. The highest BCUT2D eigenvalue weighted by molar-refractivity contribution is 6.30. The standard InChI is InChI=1S/C23H24ClF2N5O2/c1-2-18-19(31-11-15(24)10-28-22(31)29-18)20(32)27-9-14-3-5-16(6-4-14)30-12-23(13-30)7-17(8-23)33-21(25)26/h3-6,10-11,17,21H,2,7-9,12-13H2,1H3,(H,27,32). The number of alkyl halides is 2. The van der Waals surface area contributed by atoms with Gasteiger partial charge in [0.1, 0.15) is 5.69 Å². The van der Waals surface area contributed by atoms with Crippen LogP contribution in [-0.4, -0.2) is 46.1 Å². The maximum Gasteiger partial charge on any atom is 0.345 e. The second-order valence-electron chi connectivity index (χ2n) is 8.84. The molecule has 1 amide bonds. The number of anilines is 1. The molecule has 2 aromatic heterocycles. The van der Waals surface area contributed by atoms with E-state index >= 15 is 0 Å². The SMILES string of the molecule is CCc1nc2ncc(Cl)cn2c1C(=O)NCc1ccc(N2CC3(CC(OC(F)F)C3)C2)cc1. The molecule has 174 valence electrons. The molecule has 10 heteroatoms. The Kier molecular flexibility index (Phi) is 5.70. The van der Waals surface area contributed by atoms with E-state index in [9.17, 15) is 13.6 Å². The number of imidazole rings is 1. The zero-order valence-electron chi connectivity index (χ0n) is 18.1. The lowest BCUT2D eigenvalue weighted by Gasteiger charge is -2.59. The predicted molar refractivity (Wildman–Crippen MR) is 120 cm³/mol. The summed E-state index contributed by atoms with van der Waals surface area (Å²) in [5.41, 5.74) is 3.29. The normalized spacial score (nSPS) is 17.4. The first-order valence-electron chi connectivity index (χ1n) is 10.9. The molecule has 2 aliphatic rings. The second kappa shape index (κ2) is 8.53. The summed E-state index contributed by atoms with van der Waals surface area (Å²) < 4.78 is 30.8. The fraction of sp³-hybridized carbons (Fsp3) is 0.435. The maximum atomic E-state index is 12.9. The lowest BCUT2D eigenvalue weighted by Crippen LogP contribution is -2.64. The van der Waals surface area contributed by atoms with E-state index in [4.69, 9.17) is 11.6 Å². The first-order chi connectivity index (χ1) is 15.9. The number of hydrogen-bond acceptors (Lipinski definition) is 5. The lowest BCUT2D eigenvalue weighted by molar-refractivity contribution is -0.211. The Morgan fingerprint density at radius 3 is 2.70 bits per heavy atom. The molecule has 1 spiro atoms. The molecule has 0 radical (unpaired) electrons. The Hall–Kier alpha value is -2.78. The molecule has 1 N–H and O–H groups in total. The van der Waals surface area contributed by atoms with E-state index in [1.807, 2.05) is 31.2 Å². The Labute approximate surface area is 194 Å². The van der Waals surface area contributed by atoms with Crippen molar-refractivity contribution in [3.8, 4) is 0 Å². The molecular formula is C23H24ClF2N5O2. The van der Waals surface area contributed by atoms with E-state index < -0.39 is 6.61 Å². The van der Waals surface area contributed by atoms with Crippen molar-refractivity contribution in [3.05, 3.63) is 58.6 Å². The number of hydrogen-bond donors (Lipinski definition) is 1. The molecule has 0 atom stereocenters. The van der Waals surface area contributed by atoms with Gasteiger partial charge in [-0.3, -0.25) is 9.20 Å². The minimum absolute atomic E-state index is 0.120. The van der Waals surface area contributed by atoms with E-state index in [1.54, 1.807) is 10.6 Å². The van der Waals surface area contributed by atoms with Crippen LogP contribution in [0, 0.1) is 5.41 Å². The van der Waals surface area contributed by atoms with Gasteiger partial charge in [-0.25, -0.2) is 9.97 Å². The summed E-state index contributed by atoms with van der Waals surface area (Å²) in [4.78, 5) is 23.8. The molecule has 33 heavy (non-hydrogen) atoms. The van der Waals surface area contributed by atoms with Crippen molar-refractivity contribution in [1.29, 1.82) is 0 Å². The third-order valence-electron chi connectivity index (χ3n) is 6.49. The number of aryl methyl sites for hydroxylation is 1. The molecule has 3 heterocycles. The lowest BCUT2D eigenvalue weighted by atomic mass is 9.61. The van der Waals surface area contributed by atoms with Crippen LogP contribution in [0.5, 0.6) is 0 Å². The third-order valence-corrected chi connectivity index (χ3v) is 6.69. The molecule has 1 aliphatic heterocycles. The van der Waals surface area contributed by atoms with Crippen molar-refractivity contribution in [3.63, 3.8) is 0 Å². The van der Waals surface area contributed by atoms with Gasteiger partial charge in [-0.05, 0) is 37.0 Å². The molecule has 2 fully saturated rings. The molecule has 5 rings (SSSR count). The van der Waals surface area contributed by atoms with Crippen LogP contribution in [0.1, 0.15) is 41.5 Å². The first-order valence-corrected chi connectivity index (χ1v) is 11.3. The van der Waals surface area contributed by atoms with E-state index in [0.717, 1.165) is 24.3 Å². The van der Waals surface area contributed by atoms with Crippen molar-refractivity contribution in [2.24, 2.45) is 5.41 Å². The van der Waals surface area contributed by atoms with Gasteiger partial charge in [0.05, 0.1) is 23.0 Å². The molecule has 0 bridgehead atoms. The first kappa shape index (κ1) is 22.0. The zero-order valence-corrected chi connectivity index (χ0v) is 18.9. The number of aromatic nitrogens is 3.